The molecule has 6 nitrogen and oxygen atoms in total. The second-order valence-corrected chi connectivity index (χ2v) is 6.47. The molecule has 0 radical (unpaired) electrons. The Balaban J connectivity index is 1.94. The molecule has 0 heterocycles. The molecule has 0 aliphatic rings. The Labute approximate surface area is 173 Å². The van der Waals surface area contributed by atoms with Gasteiger partial charge >= 0.3 is 6.18 Å². The summed E-state index contributed by atoms with van der Waals surface area (Å²) in [6.45, 7) is 2.44. The van der Waals surface area contributed by atoms with Crippen LogP contribution in [0.2, 0.25) is 0 Å². The molecule has 0 aliphatic heterocycles. The summed E-state index contributed by atoms with van der Waals surface area (Å²) in [5.41, 5.74) is 0.228. The SMILES string of the molecule is COCCOc1ccc(C(C)NC(=O)CNc2cccc(C(F)(F)F)c2)cc1OC. The smallest absolute Gasteiger partial charge is 0.416 e. The molecular weight excluding hydrogens is 401 g/mol. The fourth-order valence-electron chi connectivity index (χ4n) is 2.67. The van der Waals surface area contributed by atoms with Crippen LogP contribution in [0.3, 0.4) is 0 Å². The van der Waals surface area contributed by atoms with Gasteiger partial charge in [0.2, 0.25) is 5.91 Å². The number of alkyl halides is 3. The summed E-state index contributed by atoms with van der Waals surface area (Å²) >= 11 is 0. The van der Waals surface area contributed by atoms with Crippen molar-refractivity contribution >= 4 is 11.6 Å². The maximum Gasteiger partial charge on any atom is 0.416 e. The zero-order chi connectivity index (χ0) is 22.1. The van der Waals surface area contributed by atoms with Gasteiger partial charge in [0.05, 0.1) is 31.9 Å². The Morgan fingerprint density at radius 2 is 1.83 bits per heavy atom. The van der Waals surface area contributed by atoms with E-state index < -0.39 is 11.7 Å². The molecule has 2 N–H and O–H groups in total. The topological polar surface area (TPSA) is 68.8 Å². The van der Waals surface area contributed by atoms with Crippen LogP contribution < -0.4 is 20.1 Å². The molecule has 0 spiro atoms. The summed E-state index contributed by atoms with van der Waals surface area (Å²) in [6.07, 6.45) is -4.44. The molecule has 0 aliphatic carbocycles. The average molecular weight is 426 g/mol. The monoisotopic (exact) mass is 426 g/mol. The number of carbonyl (C=O) groups is 1. The second kappa shape index (κ2) is 10.7. The van der Waals surface area contributed by atoms with Crippen molar-refractivity contribution in [3.8, 4) is 11.5 Å². The highest BCUT2D eigenvalue weighted by atomic mass is 19.4. The summed E-state index contributed by atoms with van der Waals surface area (Å²) in [4.78, 5) is 12.2. The van der Waals surface area contributed by atoms with E-state index in [1.807, 2.05) is 0 Å². The van der Waals surface area contributed by atoms with Crippen LogP contribution in [0, 0.1) is 0 Å². The predicted octanol–water partition coefficient (Wildman–Crippen LogP) is 4.03. The van der Waals surface area contributed by atoms with Crippen molar-refractivity contribution in [1.82, 2.24) is 5.32 Å². The molecule has 1 amide bonds. The van der Waals surface area contributed by atoms with E-state index in [4.69, 9.17) is 14.2 Å². The minimum Gasteiger partial charge on any atom is -0.493 e. The fraction of sp³-hybridized carbons (Fsp3) is 0.381. The van der Waals surface area contributed by atoms with Crippen molar-refractivity contribution in [2.45, 2.75) is 19.1 Å². The molecule has 2 aromatic carbocycles. The molecule has 0 saturated heterocycles. The van der Waals surface area contributed by atoms with E-state index in [1.165, 1.54) is 19.2 Å². The average Bonchev–Trinajstić information content (AvgIpc) is 2.72. The van der Waals surface area contributed by atoms with Crippen molar-refractivity contribution in [2.24, 2.45) is 0 Å². The molecule has 9 heteroatoms. The van der Waals surface area contributed by atoms with Gasteiger partial charge in [-0.15, -0.1) is 0 Å². The van der Waals surface area contributed by atoms with Crippen LogP contribution in [0.15, 0.2) is 42.5 Å². The number of amides is 1. The van der Waals surface area contributed by atoms with Crippen LogP contribution in [0.25, 0.3) is 0 Å². The first-order chi connectivity index (χ1) is 14.2. The van der Waals surface area contributed by atoms with Crippen LogP contribution in [-0.2, 0) is 15.7 Å². The van der Waals surface area contributed by atoms with Gasteiger partial charge in [0.15, 0.2) is 11.5 Å². The van der Waals surface area contributed by atoms with Gasteiger partial charge in [0.25, 0.3) is 0 Å². The third-order valence-corrected chi connectivity index (χ3v) is 4.25. The van der Waals surface area contributed by atoms with Crippen LogP contribution in [0.4, 0.5) is 18.9 Å². The molecule has 1 atom stereocenters. The molecule has 2 aromatic rings. The zero-order valence-electron chi connectivity index (χ0n) is 17.0. The molecule has 0 aromatic heterocycles. The number of anilines is 1. The first kappa shape index (κ1) is 23.3. The van der Waals surface area contributed by atoms with Gasteiger partial charge < -0.3 is 24.8 Å². The molecule has 1 unspecified atom stereocenters. The highest BCUT2D eigenvalue weighted by Gasteiger charge is 2.30. The van der Waals surface area contributed by atoms with Gasteiger partial charge in [-0.25, -0.2) is 0 Å². The molecule has 164 valence electrons. The number of hydrogen-bond donors (Lipinski definition) is 2. The van der Waals surface area contributed by atoms with E-state index >= 15 is 0 Å². The van der Waals surface area contributed by atoms with E-state index in [-0.39, 0.29) is 24.2 Å². The lowest BCUT2D eigenvalue weighted by molar-refractivity contribution is -0.137. The lowest BCUT2D eigenvalue weighted by Gasteiger charge is -2.18. The van der Waals surface area contributed by atoms with Crippen LogP contribution in [0.5, 0.6) is 11.5 Å². The molecule has 30 heavy (non-hydrogen) atoms. The number of benzene rings is 2. The van der Waals surface area contributed by atoms with Crippen molar-refractivity contribution in [2.75, 3.05) is 39.3 Å². The second-order valence-electron chi connectivity index (χ2n) is 6.47. The minimum atomic E-state index is -4.44. The summed E-state index contributed by atoms with van der Waals surface area (Å²) in [5.74, 6) is 0.717. The van der Waals surface area contributed by atoms with Crippen LogP contribution in [0.1, 0.15) is 24.1 Å². The number of carbonyl (C=O) groups excluding carboxylic acids is 1. The molecule has 2 rings (SSSR count). The van der Waals surface area contributed by atoms with Crippen molar-refractivity contribution in [1.29, 1.82) is 0 Å². The Morgan fingerprint density at radius 1 is 1.07 bits per heavy atom. The van der Waals surface area contributed by atoms with Crippen LogP contribution in [-0.4, -0.2) is 39.9 Å². The number of methoxy groups -OCH3 is 2. The summed E-state index contributed by atoms with van der Waals surface area (Å²) in [7, 11) is 3.10. The minimum absolute atomic E-state index is 0.166. The third-order valence-electron chi connectivity index (χ3n) is 4.25. The number of halogens is 3. The highest BCUT2D eigenvalue weighted by Crippen LogP contribution is 2.31. The van der Waals surface area contributed by atoms with Gasteiger partial charge in [-0.05, 0) is 42.8 Å². The van der Waals surface area contributed by atoms with Gasteiger partial charge in [0, 0.05) is 12.8 Å². The number of rotatable bonds is 10. The predicted molar refractivity (Wildman–Crippen MR) is 107 cm³/mol. The number of ether oxygens (including phenoxy) is 3. The standard InChI is InChI=1S/C21H25F3N2O4/c1-14(15-7-8-18(19(11-15)29-3)30-10-9-28-2)26-20(27)13-25-17-6-4-5-16(12-17)21(22,23)24/h4-8,11-12,14,25H,9-10,13H2,1-3H3,(H,26,27). The summed E-state index contributed by atoms with van der Waals surface area (Å²) in [6, 6.07) is 9.65. The molecule has 0 fully saturated rings. The van der Waals surface area contributed by atoms with Crippen molar-refractivity contribution in [3.63, 3.8) is 0 Å². The Hall–Kier alpha value is -2.94. The zero-order valence-corrected chi connectivity index (χ0v) is 17.0. The first-order valence-corrected chi connectivity index (χ1v) is 9.24. The van der Waals surface area contributed by atoms with Crippen molar-refractivity contribution in [3.05, 3.63) is 53.6 Å². The Bertz CT molecular complexity index is 843. The summed E-state index contributed by atoms with van der Waals surface area (Å²) < 4.78 is 54.2. The Kier molecular flexibility index (Phi) is 8.35. The van der Waals surface area contributed by atoms with E-state index in [1.54, 1.807) is 32.2 Å². The van der Waals surface area contributed by atoms with Gasteiger partial charge in [0.1, 0.15) is 6.61 Å². The first-order valence-electron chi connectivity index (χ1n) is 9.24. The van der Waals surface area contributed by atoms with Gasteiger partial charge in [-0.2, -0.15) is 13.2 Å². The van der Waals surface area contributed by atoms with Crippen LogP contribution >= 0.6 is 0 Å². The van der Waals surface area contributed by atoms with E-state index in [2.05, 4.69) is 10.6 Å². The lowest BCUT2D eigenvalue weighted by Crippen LogP contribution is -2.32. The third kappa shape index (κ3) is 6.84. The largest absolute Gasteiger partial charge is 0.493 e. The van der Waals surface area contributed by atoms with Crippen molar-refractivity contribution < 1.29 is 32.2 Å². The van der Waals surface area contributed by atoms with E-state index in [0.717, 1.165) is 17.7 Å². The van der Waals surface area contributed by atoms with E-state index in [0.29, 0.717) is 24.7 Å². The number of nitrogens with one attached hydrogen (secondary N) is 2. The Morgan fingerprint density at radius 3 is 2.50 bits per heavy atom. The maximum absolute atomic E-state index is 12.8. The summed E-state index contributed by atoms with van der Waals surface area (Å²) in [5, 5.41) is 5.50. The maximum atomic E-state index is 12.8. The van der Waals surface area contributed by atoms with E-state index in [9.17, 15) is 18.0 Å². The quantitative estimate of drug-likeness (QED) is 0.562. The lowest BCUT2D eigenvalue weighted by atomic mass is 10.1. The molecule has 0 saturated carbocycles. The van der Waals surface area contributed by atoms with Gasteiger partial charge in [-0.1, -0.05) is 12.1 Å². The molecular formula is C21H25F3N2O4. The van der Waals surface area contributed by atoms with Gasteiger partial charge in [-0.3, -0.25) is 4.79 Å². The fourth-order valence-corrected chi connectivity index (χ4v) is 2.67. The molecule has 0 bridgehead atoms. The number of hydrogen-bond acceptors (Lipinski definition) is 5. The highest BCUT2D eigenvalue weighted by molar-refractivity contribution is 5.81. The normalized spacial score (nSPS) is 12.2.